The largest absolute Gasteiger partial charge is 0.480 e. The first kappa shape index (κ1) is 51.2. The van der Waals surface area contributed by atoms with Crippen LogP contribution in [0.1, 0.15) is 150 Å². The molecule has 13 nitrogen and oxygen atoms in total. The molecule has 0 radical (unpaired) electrons. The predicted molar refractivity (Wildman–Crippen MR) is 246 cm³/mol. The second kappa shape index (κ2) is 24.0. The van der Waals surface area contributed by atoms with E-state index in [0.717, 1.165) is 51.4 Å². The number of carbonyl (C=O) groups is 5. The van der Waals surface area contributed by atoms with Crippen LogP contribution in [0, 0.1) is 0 Å². The number of hydrogen-bond acceptors (Lipinski definition) is 10. The zero-order valence-corrected chi connectivity index (χ0v) is 39.1. The van der Waals surface area contributed by atoms with Gasteiger partial charge in [0.1, 0.15) is 29.3 Å². The molecule has 0 fully saturated rings. The fourth-order valence-electron chi connectivity index (χ4n) is 8.90. The number of ether oxygens (including phenoxy) is 4. The smallest absolute Gasteiger partial charge is 0.408 e. The van der Waals surface area contributed by atoms with Crippen molar-refractivity contribution in [3.05, 3.63) is 106 Å². The van der Waals surface area contributed by atoms with Crippen molar-refractivity contribution in [2.24, 2.45) is 5.73 Å². The molecule has 3 aromatic carbocycles. The van der Waals surface area contributed by atoms with Crippen LogP contribution in [-0.4, -0.2) is 78.7 Å². The van der Waals surface area contributed by atoms with Crippen molar-refractivity contribution in [3.63, 3.8) is 0 Å². The molecule has 13 heteroatoms. The third-order valence-corrected chi connectivity index (χ3v) is 11.7. The third kappa shape index (κ3) is 16.3. The number of esters is 2. The first-order chi connectivity index (χ1) is 30.3. The minimum absolute atomic E-state index is 0.149. The molecule has 6 atom stereocenters. The van der Waals surface area contributed by atoms with Gasteiger partial charge in [-0.05, 0) is 170 Å². The number of nitrogens with one attached hydrogen (secondary N) is 2. The summed E-state index contributed by atoms with van der Waals surface area (Å²) in [5.74, 6) is -1.00. The van der Waals surface area contributed by atoms with Gasteiger partial charge in [-0.3, -0.25) is 4.79 Å². The highest BCUT2D eigenvalue weighted by Gasteiger charge is 2.32. The number of carboxylic acids is 1. The Hall–Kier alpha value is -5.43. The number of amides is 2. The Labute approximate surface area is 379 Å². The summed E-state index contributed by atoms with van der Waals surface area (Å²) in [4.78, 5) is 58.9. The Kier molecular flexibility index (Phi) is 19.2. The Morgan fingerprint density at radius 1 is 0.578 bits per heavy atom. The van der Waals surface area contributed by atoms with Gasteiger partial charge < -0.3 is 40.4 Å². The quantitative estimate of drug-likeness (QED) is 0.106. The summed E-state index contributed by atoms with van der Waals surface area (Å²) in [5.41, 5.74) is 12.4. The van der Waals surface area contributed by atoms with E-state index in [1.165, 1.54) is 54.0 Å². The van der Waals surface area contributed by atoms with Crippen LogP contribution >= 0.6 is 0 Å². The Morgan fingerprint density at radius 2 is 0.922 bits per heavy atom. The number of carboxylic acid groups (broad SMARTS) is 1. The van der Waals surface area contributed by atoms with E-state index < -0.39 is 53.5 Å². The highest BCUT2D eigenvalue weighted by atomic mass is 16.6. The van der Waals surface area contributed by atoms with Crippen LogP contribution < -0.4 is 16.4 Å². The standard InChI is InChI=1S/C19H27NO4.C18H25NO4.C14H19NO2/c1-19(2,3)24-18(22)20-16(17(21)23-4)12-14-10-7-9-13-8-5-6-11-15(13)14;1-18(2,3)23-17(22)19-15(16(20)21)11-13-9-6-8-12-7-4-5-10-14(12)13;1-17-14(16)13(15)9-11-7-4-6-10-5-2-3-8-12(10)11/h5-6,8,11,14,16H,7,9-10,12H2,1-4H3,(H,20,22);4-5,7,10,13,15H,6,8-9,11H2,1-3H3,(H,19,22)(H,20,21);2-3,5,8,11,13H,4,6-7,9,15H2,1H3/t14?,16-;13?,15-;11?,13-/m111/s1. The number of hydrogen-bond donors (Lipinski definition) is 4. The van der Waals surface area contributed by atoms with Crippen LogP contribution in [0.25, 0.3) is 0 Å². The molecule has 2 amide bonds. The summed E-state index contributed by atoms with van der Waals surface area (Å²) in [7, 11) is 2.72. The van der Waals surface area contributed by atoms with E-state index in [1.807, 2.05) is 24.3 Å². The molecule has 350 valence electrons. The Balaban J connectivity index is 0.000000214. The molecule has 0 saturated heterocycles. The first-order valence-electron chi connectivity index (χ1n) is 22.6. The molecule has 0 bridgehead atoms. The molecular weight excluding hydrogens is 815 g/mol. The first-order valence-corrected chi connectivity index (χ1v) is 22.6. The molecule has 64 heavy (non-hydrogen) atoms. The molecule has 5 N–H and O–H groups in total. The molecule has 3 aromatic rings. The number of aliphatic carboxylic acids is 1. The second-order valence-corrected chi connectivity index (χ2v) is 19.0. The predicted octanol–water partition coefficient (Wildman–Crippen LogP) is 9.03. The summed E-state index contributed by atoms with van der Waals surface area (Å²) >= 11 is 0. The fourth-order valence-corrected chi connectivity index (χ4v) is 8.90. The van der Waals surface area contributed by atoms with Gasteiger partial charge in [0, 0.05) is 0 Å². The molecular formula is C51H71N3O10. The van der Waals surface area contributed by atoms with Crippen molar-refractivity contribution >= 4 is 30.1 Å². The van der Waals surface area contributed by atoms with Gasteiger partial charge in [0.25, 0.3) is 0 Å². The van der Waals surface area contributed by atoms with Gasteiger partial charge in [-0.1, -0.05) is 72.8 Å². The Morgan fingerprint density at radius 3 is 1.28 bits per heavy atom. The van der Waals surface area contributed by atoms with Crippen LogP contribution in [0.5, 0.6) is 0 Å². The molecule has 3 unspecified atom stereocenters. The molecule has 3 aliphatic carbocycles. The summed E-state index contributed by atoms with van der Waals surface area (Å²) in [6.07, 6.45) is 9.89. The third-order valence-electron chi connectivity index (χ3n) is 11.7. The highest BCUT2D eigenvalue weighted by Crippen LogP contribution is 2.37. The SMILES string of the molecule is CC(C)(C)OC(=O)N[C@H](CC1CCCc2ccccc21)C(=O)O.COC(=O)[C@@H](CC1CCCc2ccccc21)NC(=O)OC(C)(C)C.COC(=O)[C@H](N)CC1CCCc2ccccc21. The van der Waals surface area contributed by atoms with Gasteiger partial charge in [-0.2, -0.15) is 0 Å². The number of fused-ring (bicyclic) bond motifs is 3. The lowest BCUT2D eigenvalue weighted by atomic mass is 9.79. The number of nitrogens with two attached hydrogens (primary N) is 1. The maximum atomic E-state index is 12.1. The van der Waals surface area contributed by atoms with Crippen molar-refractivity contribution in [2.45, 2.75) is 166 Å². The second-order valence-electron chi connectivity index (χ2n) is 19.0. The van der Waals surface area contributed by atoms with Crippen LogP contribution in [-0.2, 0) is 52.6 Å². The van der Waals surface area contributed by atoms with E-state index in [2.05, 4.69) is 63.9 Å². The molecule has 0 spiro atoms. The number of carbonyl (C=O) groups excluding carboxylic acids is 4. The highest BCUT2D eigenvalue weighted by molar-refractivity contribution is 5.81. The number of rotatable bonds is 11. The monoisotopic (exact) mass is 886 g/mol. The molecule has 0 saturated carbocycles. The minimum Gasteiger partial charge on any atom is -0.480 e. The molecule has 3 aliphatic rings. The lowest BCUT2D eigenvalue weighted by Gasteiger charge is -2.29. The van der Waals surface area contributed by atoms with Crippen molar-refractivity contribution in [1.82, 2.24) is 10.6 Å². The molecule has 6 rings (SSSR count). The van der Waals surface area contributed by atoms with Gasteiger partial charge in [0.2, 0.25) is 0 Å². The zero-order chi connectivity index (χ0) is 47.0. The van der Waals surface area contributed by atoms with E-state index in [9.17, 15) is 29.1 Å². The fraction of sp³-hybridized carbons (Fsp3) is 0.549. The van der Waals surface area contributed by atoms with Gasteiger partial charge in [-0.25, -0.2) is 19.2 Å². The lowest BCUT2D eigenvalue weighted by Crippen LogP contribution is -2.45. The van der Waals surface area contributed by atoms with Gasteiger partial charge in [0.05, 0.1) is 14.2 Å². The lowest BCUT2D eigenvalue weighted by molar-refractivity contribution is -0.143. The number of aryl methyl sites for hydroxylation is 3. The van der Waals surface area contributed by atoms with Crippen LogP contribution in [0.15, 0.2) is 72.8 Å². The number of alkyl carbamates (subject to hydrolysis) is 2. The van der Waals surface area contributed by atoms with Gasteiger partial charge >= 0.3 is 30.1 Å². The van der Waals surface area contributed by atoms with Crippen LogP contribution in [0.4, 0.5) is 9.59 Å². The van der Waals surface area contributed by atoms with E-state index in [4.69, 9.17) is 19.9 Å². The van der Waals surface area contributed by atoms with E-state index in [0.29, 0.717) is 25.2 Å². The summed E-state index contributed by atoms with van der Waals surface area (Å²) in [6.45, 7) is 10.6. The maximum Gasteiger partial charge on any atom is 0.408 e. The van der Waals surface area contributed by atoms with Crippen molar-refractivity contribution in [2.75, 3.05) is 14.2 Å². The molecule has 0 aliphatic heterocycles. The minimum atomic E-state index is -1.03. The van der Waals surface area contributed by atoms with E-state index in [1.54, 1.807) is 41.5 Å². The number of methoxy groups -OCH3 is 2. The van der Waals surface area contributed by atoms with Crippen LogP contribution in [0.2, 0.25) is 0 Å². The molecule has 0 aromatic heterocycles. The topological polar surface area (TPSA) is 193 Å². The van der Waals surface area contributed by atoms with Crippen molar-refractivity contribution in [3.8, 4) is 0 Å². The number of benzene rings is 3. The zero-order valence-electron chi connectivity index (χ0n) is 39.1. The summed E-state index contributed by atoms with van der Waals surface area (Å²) < 4.78 is 20.0. The van der Waals surface area contributed by atoms with Crippen LogP contribution in [0.3, 0.4) is 0 Å². The molecule has 0 heterocycles. The maximum absolute atomic E-state index is 12.1. The van der Waals surface area contributed by atoms with Crippen molar-refractivity contribution in [1.29, 1.82) is 0 Å². The average Bonchev–Trinajstić information content (AvgIpc) is 3.24. The van der Waals surface area contributed by atoms with E-state index >= 15 is 0 Å². The van der Waals surface area contributed by atoms with Gasteiger partial charge in [0.15, 0.2) is 0 Å². The van der Waals surface area contributed by atoms with Crippen molar-refractivity contribution < 1.29 is 48.0 Å². The van der Waals surface area contributed by atoms with Gasteiger partial charge in [-0.15, -0.1) is 0 Å². The summed E-state index contributed by atoms with van der Waals surface area (Å²) in [5, 5.41) is 14.6. The normalized spacial score (nSPS) is 19.0. The van der Waals surface area contributed by atoms with E-state index in [-0.39, 0.29) is 17.8 Å². The Bertz CT molecular complexity index is 2020. The summed E-state index contributed by atoms with van der Waals surface area (Å²) in [6, 6.07) is 22.8. The average molecular weight is 886 g/mol.